The van der Waals surface area contributed by atoms with Gasteiger partial charge in [0.05, 0.1) is 38.5 Å². The molecular formula is C28H41N5O3Si. The maximum Gasteiger partial charge on any atom is 0.318 e. The Morgan fingerprint density at radius 3 is 2.27 bits per heavy atom. The third-order valence-electron chi connectivity index (χ3n) is 9.70. The number of aliphatic hydroxyl groups is 1. The number of aliphatic hydroxyl groups excluding tert-OH is 1. The molecule has 2 saturated carbocycles. The fourth-order valence-corrected chi connectivity index (χ4v) is 9.22. The lowest BCUT2D eigenvalue weighted by Crippen LogP contribution is -2.53. The molecule has 8 nitrogen and oxygen atoms in total. The van der Waals surface area contributed by atoms with Crippen LogP contribution in [0.4, 0.5) is 10.6 Å². The Morgan fingerprint density at radius 1 is 1.11 bits per heavy atom. The molecule has 37 heavy (non-hydrogen) atoms. The molecule has 200 valence electrons. The van der Waals surface area contributed by atoms with Crippen molar-refractivity contribution in [3.05, 3.63) is 47.2 Å². The first-order valence-corrected chi connectivity index (χ1v) is 17.1. The van der Waals surface area contributed by atoms with Gasteiger partial charge in [0.1, 0.15) is 0 Å². The summed E-state index contributed by atoms with van der Waals surface area (Å²) in [6.45, 7) is 11.2. The number of hydrogen-bond donors (Lipinski definition) is 4. The summed E-state index contributed by atoms with van der Waals surface area (Å²) < 4.78 is 0. The number of anilines is 1. The van der Waals surface area contributed by atoms with Crippen LogP contribution in [0.2, 0.25) is 24.7 Å². The summed E-state index contributed by atoms with van der Waals surface area (Å²) in [5.74, 6) is 0.616. The zero-order valence-corrected chi connectivity index (χ0v) is 23.8. The highest BCUT2D eigenvalue weighted by Crippen LogP contribution is 2.56. The van der Waals surface area contributed by atoms with Gasteiger partial charge in [-0.05, 0) is 45.1 Å². The van der Waals surface area contributed by atoms with Crippen molar-refractivity contribution in [2.45, 2.75) is 95.2 Å². The van der Waals surface area contributed by atoms with Gasteiger partial charge in [0.2, 0.25) is 5.91 Å². The number of rotatable bonds is 7. The molecule has 1 atom stereocenters. The van der Waals surface area contributed by atoms with Gasteiger partial charge in [-0.25, -0.2) is 4.79 Å². The monoisotopic (exact) mass is 523 g/mol. The highest BCUT2D eigenvalue weighted by molar-refractivity contribution is 6.83. The van der Waals surface area contributed by atoms with E-state index in [2.05, 4.69) is 40.5 Å². The highest BCUT2D eigenvalue weighted by atomic mass is 28.3. The number of fused-ring (bicyclic) bond motifs is 1. The van der Waals surface area contributed by atoms with Crippen molar-refractivity contribution in [1.82, 2.24) is 20.4 Å². The summed E-state index contributed by atoms with van der Waals surface area (Å²) in [6, 6.07) is 9.48. The first-order chi connectivity index (χ1) is 17.5. The van der Waals surface area contributed by atoms with E-state index in [0.717, 1.165) is 55.3 Å². The molecule has 3 amide bonds. The Kier molecular flexibility index (Phi) is 6.30. The lowest BCUT2D eigenvalue weighted by atomic mass is 9.63. The molecule has 2 heterocycles. The first kappa shape index (κ1) is 26.0. The average Bonchev–Trinajstić information content (AvgIpc) is 3.29. The molecule has 1 unspecified atom stereocenters. The second-order valence-corrected chi connectivity index (χ2v) is 18.3. The molecule has 4 N–H and O–H groups in total. The van der Waals surface area contributed by atoms with Crippen LogP contribution in [0.15, 0.2) is 30.3 Å². The molecule has 2 aliphatic carbocycles. The zero-order chi connectivity index (χ0) is 26.6. The zero-order valence-electron chi connectivity index (χ0n) is 22.8. The topological polar surface area (TPSA) is 110 Å². The molecule has 0 bridgehead atoms. The smallest absolute Gasteiger partial charge is 0.318 e. The van der Waals surface area contributed by atoms with Crippen LogP contribution in [0, 0.1) is 5.41 Å². The van der Waals surface area contributed by atoms with Crippen LogP contribution in [0.1, 0.15) is 75.2 Å². The Balaban J connectivity index is 1.37. The van der Waals surface area contributed by atoms with Gasteiger partial charge in [0, 0.05) is 16.0 Å². The molecule has 3 aliphatic rings. The van der Waals surface area contributed by atoms with E-state index in [0.29, 0.717) is 12.4 Å². The summed E-state index contributed by atoms with van der Waals surface area (Å²) >= 11 is 0. The van der Waals surface area contributed by atoms with Crippen molar-refractivity contribution in [3.8, 4) is 0 Å². The minimum atomic E-state index is -1.72. The molecule has 0 saturated heterocycles. The van der Waals surface area contributed by atoms with Gasteiger partial charge in [-0.2, -0.15) is 5.10 Å². The van der Waals surface area contributed by atoms with Crippen LogP contribution < -0.4 is 10.6 Å². The van der Waals surface area contributed by atoms with Crippen molar-refractivity contribution in [2.24, 2.45) is 5.41 Å². The van der Waals surface area contributed by atoms with Gasteiger partial charge < -0.3 is 20.6 Å². The lowest BCUT2D eigenvalue weighted by molar-refractivity contribution is -0.121. The standard InChI is InChI=1S/C28H41N5O3Si/c1-26(2)22-20(23(32-31-22)30-24(35)28(15-10-16-28)37(3,4)5)17-33(26)25(36)29-21(19-11-7-6-8-12-19)27(18-34)13-9-14-27/h6-8,11-12,21,34H,9-10,13-18H2,1-5H3,(H,29,36)(H2,30,31,32,35). The first-order valence-electron chi connectivity index (χ1n) is 13.6. The van der Waals surface area contributed by atoms with Crippen LogP contribution in [0.25, 0.3) is 0 Å². The number of amides is 3. The fraction of sp³-hybridized carbons (Fsp3) is 0.607. The predicted octanol–water partition coefficient (Wildman–Crippen LogP) is 5.27. The van der Waals surface area contributed by atoms with Crippen molar-refractivity contribution in [2.75, 3.05) is 11.9 Å². The maximum absolute atomic E-state index is 13.8. The van der Waals surface area contributed by atoms with E-state index in [1.807, 2.05) is 49.1 Å². The third kappa shape index (κ3) is 4.01. The van der Waals surface area contributed by atoms with Crippen LogP contribution in [0.3, 0.4) is 0 Å². The number of aromatic amines is 1. The van der Waals surface area contributed by atoms with Gasteiger partial charge in [-0.1, -0.05) is 62.8 Å². The number of carbonyl (C=O) groups is 2. The Labute approximate surface area is 220 Å². The van der Waals surface area contributed by atoms with E-state index in [1.165, 1.54) is 0 Å². The largest absolute Gasteiger partial charge is 0.396 e. The normalized spacial score (nSPS) is 21.8. The molecule has 0 radical (unpaired) electrons. The van der Waals surface area contributed by atoms with E-state index in [-0.39, 0.29) is 35.0 Å². The van der Waals surface area contributed by atoms with Crippen LogP contribution >= 0.6 is 0 Å². The highest BCUT2D eigenvalue weighted by Gasteiger charge is 2.54. The van der Waals surface area contributed by atoms with Crippen LogP contribution in [-0.2, 0) is 16.9 Å². The number of nitrogens with one attached hydrogen (secondary N) is 3. The molecule has 5 rings (SSSR count). The fourth-order valence-electron chi connectivity index (χ4n) is 6.63. The summed E-state index contributed by atoms with van der Waals surface area (Å²) in [7, 11) is -1.72. The number of aromatic nitrogens is 2. The van der Waals surface area contributed by atoms with E-state index >= 15 is 0 Å². The number of carbonyl (C=O) groups excluding carboxylic acids is 2. The average molecular weight is 524 g/mol. The Morgan fingerprint density at radius 2 is 1.76 bits per heavy atom. The predicted molar refractivity (Wildman–Crippen MR) is 147 cm³/mol. The number of urea groups is 1. The number of H-pyrrole nitrogens is 1. The lowest BCUT2D eigenvalue weighted by Gasteiger charge is -2.48. The second kappa shape index (κ2) is 8.98. The van der Waals surface area contributed by atoms with E-state index in [4.69, 9.17) is 0 Å². The van der Waals surface area contributed by atoms with Crippen molar-refractivity contribution in [3.63, 3.8) is 0 Å². The quantitative estimate of drug-likeness (QED) is 0.370. The van der Waals surface area contributed by atoms with Gasteiger partial charge in [-0.15, -0.1) is 0 Å². The van der Waals surface area contributed by atoms with Crippen molar-refractivity contribution >= 4 is 25.8 Å². The number of nitrogens with zero attached hydrogens (tertiary/aromatic N) is 2. The summed E-state index contributed by atoms with van der Waals surface area (Å²) in [6.07, 6.45) is 5.78. The molecule has 2 fully saturated rings. The van der Waals surface area contributed by atoms with Gasteiger partial charge in [0.15, 0.2) is 5.82 Å². The Hall–Kier alpha value is -2.65. The SMILES string of the molecule is CC1(C)c2[nH]nc(NC(=O)C3([Si](C)(C)C)CCC3)c2CN1C(=O)NC(c1ccccc1)C1(CO)CCC1. The van der Waals surface area contributed by atoms with Crippen LogP contribution in [-0.4, -0.2) is 46.8 Å². The van der Waals surface area contributed by atoms with E-state index in [1.54, 1.807) is 0 Å². The molecule has 1 aliphatic heterocycles. The molecule has 0 spiro atoms. The van der Waals surface area contributed by atoms with Gasteiger partial charge in [0.25, 0.3) is 0 Å². The van der Waals surface area contributed by atoms with Crippen molar-refractivity contribution < 1.29 is 14.7 Å². The molecule has 1 aromatic heterocycles. The van der Waals surface area contributed by atoms with Gasteiger partial charge >= 0.3 is 6.03 Å². The van der Waals surface area contributed by atoms with Crippen molar-refractivity contribution in [1.29, 1.82) is 0 Å². The minimum absolute atomic E-state index is 0.0359. The number of hydrogen-bond acceptors (Lipinski definition) is 4. The minimum Gasteiger partial charge on any atom is -0.396 e. The summed E-state index contributed by atoms with van der Waals surface area (Å²) in [4.78, 5) is 29.1. The Bertz CT molecular complexity index is 1170. The molecule has 1 aromatic carbocycles. The summed E-state index contributed by atoms with van der Waals surface area (Å²) in [5, 5.41) is 24.1. The van der Waals surface area contributed by atoms with E-state index < -0.39 is 13.6 Å². The third-order valence-corrected chi connectivity index (χ3v) is 13.3. The second-order valence-electron chi connectivity index (χ2n) is 12.9. The van der Waals surface area contributed by atoms with Crippen LogP contribution in [0.5, 0.6) is 0 Å². The molecular weight excluding hydrogens is 482 g/mol. The van der Waals surface area contributed by atoms with E-state index in [9.17, 15) is 14.7 Å². The summed E-state index contributed by atoms with van der Waals surface area (Å²) in [5.41, 5.74) is 1.76. The van der Waals surface area contributed by atoms with Gasteiger partial charge in [-0.3, -0.25) is 9.89 Å². The maximum atomic E-state index is 13.8. The molecule has 9 heteroatoms. The molecule has 2 aromatic rings. The number of benzene rings is 1.